The fourth-order valence-corrected chi connectivity index (χ4v) is 1.51. The van der Waals surface area contributed by atoms with E-state index in [0.29, 0.717) is 11.8 Å². The summed E-state index contributed by atoms with van der Waals surface area (Å²) in [4.78, 5) is 23.0. The molecule has 1 atom stereocenters. The number of piperazine rings is 1. The maximum absolute atomic E-state index is 11.6. The summed E-state index contributed by atoms with van der Waals surface area (Å²) in [6.07, 6.45) is 0.578. The van der Waals surface area contributed by atoms with Crippen molar-refractivity contribution in [2.75, 3.05) is 0 Å². The highest BCUT2D eigenvalue weighted by Crippen LogP contribution is 2.16. The van der Waals surface area contributed by atoms with E-state index >= 15 is 0 Å². The maximum Gasteiger partial charge on any atom is 0.271 e. The summed E-state index contributed by atoms with van der Waals surface area (Å²) in [7, 11) is 0. The lowest BCUT2D eigenvalue weighted by Crippen LogP contribution is -2.49. The van der Waals surface area contributed by atoms with Gasteiger partial charge in [-0.2, -0.15) is 0 Å². The zero-order valence-corrected chi connectivity index (χ0v) is 8.31. The van der Waals surface area contributed by atoms with Gasteiger partial charge in [0.05, 0.1) is 0 Å². The van der Waals surface area contributed by atoms with E-state index in [9.17, 15) is 9.59 Å². The molecule has 1 saturated heterocycles. The Labute approximate surface area is 91.8 Å². The largest absolute Gasteiger partial charge is 0.513 e. The van der Waals surface area contributed by atoms with Crippen molar-refractivity contribution in [1.82, 2.24) is 10.6 Å². The normalized spacial score (nSPS) is 22.8. The van der Waals surface area contributed by atoms with Crippen molar-refractivity contribution < 1.29 is 14.7 Å². The molecule has 1 aliphatic rings. The summed E-state index contributed by atoms with van der Waals surface area (Å²) < 4.78 is 0. The molecule has 0 aliphatic carbocycles. The molecule has 16 heavy (non-hydrogen) atoms. The van der Waals surface area contributed by atoms with Crippen LogP contribution in [0.3, 0.4) is 0 Å². The Morgan fingerprint density at radius 1 is 1.19 bits per heavy atom. The maximum atomic E-state index is 11.6. The second kappa shape index (κ2) is 4.06. The van der Waals surface area contributed by atoms with Gasteiger partial charge in [0.15, 0.2) is 0 Å². The van der Waals surface area contributed by atoms with E-state index in [2.05, 4.69) is 10.6 Å². The average molecular weight is 218 g/mol. The summed E-state index contributed by atoms with van der Waals surface area (Å²) >= 11 is 0. The quantitative estimate of drug-likeness (QED) is 0.471. The Kier molecular flexibility index (Phi) is 2.59. The first-order chi connectivity index (χ1) is 7.72. The van der Waals surface area contributed by atoms with Crippen LogP contribution in [-0.4, -0.2) is 16.9 Å². The van der Waals surface area contributed by atoms with Crippen molar-refractivity contribution in [2.45, 2.75) is 6.04 Å². The number of hydrogen-bond acceptors (Lipinski definition) is 3. The highest BCUT2D eigenvalue weighted by molar-refractivity contribution is 6.04. The zero-order chi connectivity index (χ0) is 11.5. The standard InChI is InChI=1S/C11H10N2O3/c14-6-8-10(15)13-9(11(16)12-8)7-4-2-1-3-5-7/h1-6,9,14H,(H,12,16)(H,13,15)/b8-6+. The number of benzene rings is 1. The molecule has 5 heteroatoms. The van der Waals surface area contributed by atoms with Gasteiger partial charge in [0, 0.05) is 0 Å². The Hall–Kier alpha value is -2.30. The monoisotopic (exact) mass is 218 g/mol. The van der Waals surface area contributed by atoms with Gasteiger partial charge in [-0.3, -0.25) is 9.59 Å². The Bertz CT molecular complexity index is 454. The van der Waals surface area contributed by atoms with Gasteiger partial charge in [-0.15, -0.1) is 0 Å². The van der Waals surface area contributed by atoms with Crippen LogP contribution in [0.25, 0.3) is 0 Å². The summed E-state index contributed by atoms with van der Waals surface area (Å²) in [5.41, 5.74) is 0.558. The van der Waals surface area contributed by atoms with Crippen LogP contribution in [0, 0.1) is 0 Å². The second-order valence-electron chi connectivity index (χ2n) is 3.35. The van der Waals surface area contributed by atoms with E-state index in [-0.39, 0.29) is 11.6 Å². The predicted molar refractivity (Wildman–Crippen MR) is 56.2 cm³/mol. The smallest absolute Gasteiger partial charge is 0.271 e. The predicted octanol–water partition coefficient (Wildman–Crippen LogP) is 0.373. The van der Waals surface area contributed by atoms with E-state index in [4.69, 9.17) is 5.11 Å². The zero-order valence-electron chi connectivity index (χ0n) is 8.31. The minimum absolute atomic E-state index is 0.141. The molecule has 2 amide bonds. The molecule has 5 nitrogen and oxygen atoms in total. The Morgan fingerprint density at radius 2 is 1.88 bits per heavy atom. The molecule has 0 bridgehead atoms. The number of aliphatic hydroxyl groups excluding tert-OH is 1. The van der Waals surface area contributed by atoms with Gasteiger partial charge in [0.2, 0.25) is 0 Å². The van der Waals surface area contributed by atoms with Gasteiger partial charge in [0.1, 0.15) is 18.0 Å². The summed E-state index contributed by atoms with van der Waals surface area (Å²) in [6, 6.07) is 8.18. The third kappa shape index (κ3) is 1.75. The number of hydrogen-bond donors (Lipinski definition) is 3. The minimum Gasteiger partial charge on any atom is -0.513 e. The van der Waals surface area contributed by atoms with E-state index in [1.54, 1.807) is 24.3 Å². The molecule has 0 radical (unpaired) electrons. The van der Waals surface area contributed by atoms with Gasteiger partial charge in [-0.05, 0) is 5.56 Å². The third-order valence-corrected chi connectivity index (χ3v) is 2.30. The van der Waals surface area contributed by atoms with Gasteiger partial charge in [0.25, 0.3) is 11.8 Å². The van der Waals surface area contributed by atoms with E-state index in [1.165, 1.54) is 0 Å². The molecular formula is C11H10N2O3. The molecule has 2 rings (SSSR count). The second-order valence-corrected chi connectivity index (χ2v) is 3.35. The number of nitrogens with one attached hydrogen (secondary N) is 2. The number of carbonyl (C=O) groups excluding carboxylic acids is 2. The summed E-state index contributed by atoms with van der Waals surface area (Å²) in [5.74, 6) is -0.873. The van der Waals surface area contributed by atoms with Crippen LogP contribution in [0.4, 0.5) is 0 Å². The summed E-state index contributed by atoms with van der Waals surface area (Å²) in [5, 5.41) is 13.5. The first-order valence-corrected chi connectivity index (χ1v) is 4.73. The lowest BCUT2D eigenvalue weighted by Gasteiger charge is -2.24. The molecule has 3 N–H and O–H groups in total. The van der Waals surface area contributed by atoms with E-state index in [0.717, 1.165) is 0 Å². The molecule has 1 aromatic rings. The fourth-order valence-electron chi connectivity index (χ4n) is 1.51. The molecule has 1 fully saturated rings. The lowest BCUT2D eigenvalue weighted by molar-refractivity contribution is -0.131. The van der Waals surface area contributed by atoms with Crippen molar-refractivity contribution >= 4 is 11.8 Å². The molecule has 0 spiro atoms. The van der Waals surface area contributed by atoms with E-state index < -0.39 is 11.9 Å². The molecule has 1 heterocycles. The fraction of sp³-hybridized carbons (Fsp3) is 0.0909. The van der Waals surface area contributed by atoms with Gasteiger partial charge in [-0.1, -0.05) is 30.3 Å². The van der Waals surface area contributed by atoms with Crippen LogP contribution >= 0.6 is 0 Å². The highest BCUT2D eigenvalue weighted by atomic mass is 16.2. The van der Waals surface area contributed by atoms with Gasteiger partial charge >= 0.3 is 0 Å². The third-order valence-electron chi connectivity index (χ3n) is 2.30. The van der Waals surface area contributed by atoms with Crippen molar-refractivity contribution in [3.8, 4) is 0 Å². The van der Waals surface area contributed by atoms with Crippen molar-refractivity contribution in [2.24, 2.45) is 0 Å². The van der Waals surface area contributed by atoms with Crippen LogP contribution < -0.4 is 10.6 Å². The van der Waals surface area contributed by atoms with Crippen molar-refractivity contribution in [3.05, 3.63) is 47.9 Å². The van der Waals surface area contributed by atoms with Gasteiger partial charge in [-0.25, -0.2) is 0 Å². The minimum atomic E-state index is -0.711. The number of rotatable bonds is 1. The van der Waals surface area contributed by atoms with Gasteiger partial charge < -0.3 is 15.7 Å². The van der Waals surface area contributed by atoms with Crippen LogP contribution in [0.5, 0.6) is 0 Å². The summed E-state index contributed by atoms with van der Waals surface area (Å²) in [6.45, 7) is 0. The number of aliphatic hydroxyl groups is 1. The Balaban J connectivity index is 2.26. The van der Waals surface area contributed by atoms with Crippen molar-refractivity contribution in [1.29, 1.82) is 0 Å². The van der Waals surface area contributed by atoms with E-state index in [1.807, 2.05) is 6.07 Å². The first kappa shape index (κ1) is 10.2. The first-order valence-electron chi connectivity index (χ1n) is 4.73. The molecule has 0 aromatic heterocycles. The molecule has 0 saturated carbocycles. The lowest BCUT2D eigenvalue weighted by atomic mass is 10.0. The number of amides is 2. The number of carbonyl (C=O) groups is 2. The average Bonchev–Trinajstić information content (AvgIpc) is 2.32. The molecular weight excluding hydrogens is 208 g/mol. The molecule has 1 aliphatic heterocycles. The molecule has 82 valence electrons. The van der Waals surface area contributed by atoms with Crippen LogP contribution in [-0.2, 0) is 9.59 Å². The molecule has 1 unspecified atom stereocenters. The van der Waals surface area contributed by atoms with Crippen LogP contribution in [0.15, 0.2) is 42.3 Å². The molecule has 1 aromatic carbocycles. The SMILES string of the molecule is O=C1NC(c2ccccc2)C(=O)N/C1=C/O. The highest BCUT2D eigenvalue weighted by Gasteiger charge is 2.30. The Morgan fingerprint density at radius 3 is 2.50 bits per heavy atom. The van der Waals surface area contributed by atoms with Crippen molar-refractivity contribution in [3.63, 3.8) is 0 Å². The van der Waals surface area contributed by atoms with Crippen LogP contribution in [0.1, 0.15) is 11.6 Å². The topological polar surface area (TPSA) is 78.4 Å². The van der Waals surface area contributed by atoms with Crippen LogP contribution in [0.2, 0.25) is 0 Å².